The van der Waals surface area contributed by atoms with Crippen LogP contribution in [0.25, 0.3) is 0 Å². The molecule has 2 bridgehead atoms. The van der Waals surface area contributed by atoms with E-state index in [0.717, 1.165) is 12.8 Å². The van der Waals surface area contributed by atoms with Gasteiger partial charge in [-0.1, -0.05) is 6.42 Å². The van der Waals surface area contributed by atoms with Crippen LogP contribution >= 0.6 is 0 Å². The largest absolute Gasteiger partial charge is 0.348 e. The van der Waals surface area contributed by atoms with E-state index in [2.05, 4.69) is 22.2 Å². The van der Waals surface area contributed by atoms with E-state index < -0.39 is 0 Å². The molecule has 21 heavy (non-hydrogen) atoms. The van der Waals surface area contributed by atoms with Crippen molar-refractivity contribution in [1.29, 1.82) is 5.26 Å². The molecule has 3 rings (SSSR count). The van der Waals surface area contributed by atoms with Crippen molar-refractivity contribution >= 4 is 5.91 Å². The highest BCUT2D eigenvalue weighted by atomic mass is 16.1. The van der Waals surface area contributed by atoms with E-state index in [1.807, 2.05) is 6.07 Å². The predicted octanol–water partition coefficient (Wildman–Crippen LogP) is 1.70. The summed E-state index contributed by atoms with van der Waals surface area (Å²) in [6.45, 7) is 0. The number of aromatic nitrogens is 1. The van der Waals surface area contributed by atoms with E-state index in [1.165, 1.54) is 25.5 Å². The van der Waals surface area contributed by atoms with Crippen LogP contribution in [0, 0.1) is 11.3 Å². The summed E-state index contributed by atoms with van der Waals surface area (Å²) in [4.78, 5) is 18.8. The number of carbonyl (C=O) groups is 1. The van der Waals surface area contributed by atoms with Crippen molar-refractivity contribution in [2.45, 2.75) is 50.2 Å². The predicted molar refractivity (Wildman–Crippen MR) is 78.6 cm³/mol. The van der Waals surface area contributed by atoms with E-state index in [0.29, 0.717) is 23.3 Å². The van der Waals surface area contributed by atoms with Crippen LogP contribution in [-0.2, 0) is 0 Å². The zero-order valence-corrected chi connectivity index (χ0v) is 12.2. The van der Waals surface area contributed by atoms with Crippen molar-refractivity contribution in [3.8, 4) is 6.07 Å². The van der Waals surface area contributed by atoms with Gasteiger partial charge in [0.1, 0.15) is 11.8 Å². The zero-order valence-electron chi connectivity index (χ0n) is 12.2. The molecule has 2 fully saturated rings. The number of carbonyl (C=O) groups excluding carboxylic acids is 1. The average Bonchev–Trinajstić information content (AvgIpc) is 2.48. The van der Waals surface area contributed by atoms with Crippen molar-refractivity contribution in [1.82, 2.24) is 15.2 Å². The molecule has 1 N–H and O–H groups in total. The second-order valence-electron chi connectivity index (χ2n) is 6.09. The SMILES string of the molecule is CN1C2CCCC1CC(NC(=O)c1ccc(C#N)cn1)C2. The number of rotatable bonds is 2. The van der Waals surface area contributed by atoms with Gasteiger partial charge in [-0.25, -0.2) is 4.98 Å². The third-order valence-corrected chi connectivity index (χ3v) is 4.80. The van der Waals surface area contributed by atoms with Crippen molar-refractivity contribution < 1.29 is 4.79 Å². The van der Waals surface area contributed by atoms with Crippen molar-refractivity contribution in [2.24, 2.45) is 0 Å². The molecule has 5 heteroatoms. The molecular weight excluding hydrogens is 264 g/mol. The number of hydrogen-bond acceptors (Lipinski definition) is 4. The van der Waals surface area contributed by atoms with Crippen LogP contribution < -0.4 is 5.32 Å². The lowest BCUT2D eigenvalue weighted by Gasteiger charge is -2.47. The Labute approximate surface area is 125 Å². The second kappa shape index (κ2) is 5.82. The first kappa shape index (κ1) is 14.0. The number of piperidine rings is 2. The number of nitrogens with zero attached hydrogens (tertiary/aromatic N) is 3. The molecule has 2 unspecified atom stereocenters. The molecule has 110 valence electrons. The minimum absolute atomic E-state index is 0.132. The number of nitrogens with one attached hydrogen (secondary N) is 1. The van der Waals surface area contributed by atoms with Gasteiger partial charge in [-0.3, -0.25) is 4.79 Å². The summed E-state index contributed by atoms with van der Waals surface area (Å²) in [6, 6.07) is 6.68. The average molecular weight is 284 g/mol. The summed E-state index contributed by atoms with van der Waals surface area (Å²) >= 11 is 0. The highest BCUT2D eigenvalue weighted by Gasteiger charge is 2.36. The highest BCUT2D eigenvalue weighted by Crippen LogP contribution is 2.32. The van der Waals surface area contributed by atoms with Gasteiger partial charge in [0.25, 0.3) is 5.91 Å². The van der Waals surface area contributed by atoms with Gasteiger partial charge in [0.2, 0.25) is 0 Å². The Balaban J connectivity index is 1.63. The molecule has 0 radical (unpaired) electrons. The highest BCUT2D eigenvalue weighted by molar-refractivity contribution is 5.92. The topological polar surface area (TPSA) is 69.0 Å². The number of fused-ring (bicyclic) bond motifs is 2. The van der Waals surface area contributed by atoms with Crippen LogP contribution in [0.2, 0.25) is 0 Å². The Morgan fingerprint density at radius 3 is 2.67 bits per heavy atom. The van der Waals surface area contributed by atoms with Crippen molar-refractivity contribution in [2.75, 3.05) is 7.05 Å². The fraction of sp³-hybridized carbons (Fsp3) is 0.562. The van der Waals surface area contributed by atoms with E-state index in [1.54, 1.807) is 12.1 Å². The van der Waals surface area contributed by atoms with E-state index >= 15 is 0 Å². The molecule has 0 spiro atoms. The molecule has 0 aromatic carbocycles. The molecule has 2 atom stereocenters. The number of nitriles is 1. The molecule has 2 aliphatic rings. The molecule has 5 nitrogen and oxygen atoms in total. The molecule has 1 amide bonds. The van der Waals surface area contributed by atoms with Gasteiger partial charge >= 0.3 is 0 Å². The van der Waals surface area contributed by atoms with E-state index in [9.17, 15) is 4.79 Å². The Bertz CT molecular complexity index is 549. The monoisotopic (exact) mass is 284 g/mol. The lowest BCUT2D eigenvalue weighted by molar-refractivity contribution is 0.0462. The first-order valence-electron chi connectivity index (χ1n) is 7.56. The number of hydrogen-bond donors (Lipinski definition) is 1. The minimum atomic E-state index is -0.132. The van der Waals surface area contributed by atoms with E-state index in [-0.39, 0.29) is 11.9 Å². The van der Waals surface area contributed by atoms with Gasteiger partial charge in [0, 0.05) is 24.3 Å². The standard InChI is InChI=1S/C16H20N4O/c1-20-13-3-2-4-14(20)8-12(7-13)19-16(21)15-6-5-11(9-17)10-18-15/h5-6,10,12-14H,2-4,7-8H2,1H3,(H,19,21). The van der Waals surface area contributed by atoms with Gasteiger partial charge in [-0.05, 0) is 44.9 Å². The molecule has 2 aliphatic heterocycles. The van der Waals surface area contributed by atoms with Crippen molar-refractivity contribution in [3.05, 3.63) is 29.6 Å². The van der Waals surface area contributed by atoms with Gasteiger partial charge in [0.15, 0.2) is 0 Å². The lowest BCUT2D eigenvalue weighted by atomic mass is 9.82. The molecular formula is C16H20N4O. The quantitative estimate of drug-likeness (QED) is 0.897. The molecule has 2 saturated heterocycles. The molecule has 3 heterocycles. The third-order valence-electron chi connectivity index (χ3n) is 4.80. The summed E-state index contributed by atoms with van der Waals surface area (Å²) in [5.41, 5.74) is 0.860. The first-order chi connectivity index (χ1) is 10.2. The Kier molecular flexibility index (Phi) is 3.89. The lowest BCUT2D eigenvalue weighted by Crippen LogP contribution is -2.55. The molecule has 0 aliphatic carbocycles. The summed E-state index contributed by atoms with van der Waals surface area (Å²) in [5.74, 6) is -0.132. The van der Waals surface area contributed by atoms with Gasteiger partial charge < -0.3 is 10.2 Å². The maximum Gasteiger partial charge on any atom is 0.270 e. The Morgan fingerprint density at radius 2 is 2.10 bits per heavy atom. The van der Waals surface area contributed by atoms with Crippen molar-refractivity contribution in [3.63, 3.8) is 0 Å². The summed E-state index contributed by atoms with van der Waals surface area (Å²) < 4.78 is 0. The molecule has 0 saturated carbocycles. The summed E-state index contributed by atoms with van der Waals surface area (Å²) in [5, 5.41) is 11.9. The Morgan fingerprint density at radius 1 is 1.38 bits per heavy atom. The Hall–Kier alpha value is -1.93. The smallest absolute Gasteiger partial charge is 0.270 e. The number of amides is 1. The van der Waals surface area contributed by atoms with Crippen LogP contribution in [0.4, 0.5) is 0 Å². The van der Waals surface area contributed by atoms with Crippen LogP contribution in [0.3, 0.4) is 0 Å². The maximum absolute atomic E-state index is 12.2. The molecule has 1 aromatic rings. The normalized spacial score (nSPS) is 28.7. The zero-order chi connectivity index (χ0) is 14.8. The maximum atomic E-state index is 12.2. The summed E-state index contributed by atoms with van der Waals surface area (Å²) in [6.07, 6.45) is 7.25. The van der Waals surface area contributed by atoms with Gasteiger partial charge in [-0.2, -0.15) is 5.26 Å². The van der Waals surface area contributed by atoms with Gasteiger partial charge in [0.05, 0.1) is 5.56 Å². The van der Waals surface area contributed by atoms with Crippen LogP contribution in [0.5, 0.6) is 0 Å². The fourth-order valence-corrected chi connectivity index (χ4v) is 3.59. The third kappa shape index (κ3) is 2.91. The van der Waals surface area contributed by atoms with Crippen LogP contribution in [0.1, 0.15) is 48.2 Å². The molecule has 1 aromatic heterocycles. The van der Waals surface area contributed by atoms with E-state index in [4.69, 9.17) is 5.26 Å². The van der Waals surface area contributed by atoms with Crippen LogP contribution in [-0.4, -0.2) is 41.0 Å². The van der Waals surface area contributed by atoms with Gasteiger partial charge in [-0.15, -0.1) is 0 Å². The number of pyridine rings is 1. The van der Waals surface area contributed by atoms with Crippen LogP contribution in [0.15, 0.2) is 18.3 Å². The summed E-state index contributed by atoms with van der Waals surface area (Å²) in [7, 11) is 2.20. The fourth-order valence-electron chi connectivity index (χ4n) is 3.59. The second-order valence-corrected chi connectivity index (χ2v) is 6.09. The minimum Gasteiger partial charge on any atom is -0.348 e. The first-order valence-corrected chi connectivity index (χ1v) is 7.56.